The molecule has 1 saturated carbocycles. The average molecular weight is 427 g/mol. The van der Waals surface area contributed by atoms with Gasteiger partial charge in [-0.25, -0.2) is 9.97 Å². The summed E-state index contributed by atoms with van der Waals surface area (Å²) in [5, 5.41) is 19.6. The van der Waals surface area contributed by atoms with E-state index in [1.165, 1.54) is 0 Å². The highest BCUT2D eigenvalue weighted by molar-refractivity contribution is 6.15. The number of rotatable bonds is 6. The van der Waals surface area contributed by atoms with Crippen LogP contribution in [0.3, 0.4) is 0 Å². The molecular formula is C23H26BN7O. The van der Waals surface area contributed by atoms with Gasteiger partial charge in [0, 0.05) is 23.5 Å². The van der Waals surface area contributed by atoms with Gasteiger partial charge in [-0.1, -0.05) is 24.4 Å². The van der Waals surface area contributed by atoms with Gasteiger partial charge in [0.25, 0.3) is 5.91 Å². The zero-order valence-electron chi connectivity index (χ0n) is 18.8. The van der Waals surface area contributed by atoms with Crippen LogP contribution in [0.1, 0.15) is 48.7 Å². The number of carbonyl (C=O) groups is 1. The first-order valence-electron chi connectivity index (χ1n) is 10.7. The summed E-state index contributed by atoms with van der Waals surface area (Å²) in [6.45, 7) is 5.87. The quantitative estimate of drug-likeness (QED) is 0.585. The zero-order valence-corrected chi connectivity index (χ0v) is 18.8. The van der Waals surface area contributed by atoms with Gasteiger partial charge < -0.3 is 10.6 Å². The van der Waals surface area contributed by atoms with E-state index in [4.69, 9.17) is 5.26 Å². The van der Waals surface area contributed by atoms with Gasteiger partial charge in [-0.2, -0.15) is 10.4 Å². The fourth-order valence-corrected chi connectivity index (χ4v) is 4.02. The van der Waals surface area contributed by atoms with Gasteiger partial charge >= 0.3 is 0 Å². The van der Waals surface area contributed by atoms with Crippen molar-refractivity contribution in [1.82, 2.24) is 25.1 Å². The number of anilines is 2. The Morgan fingerprint density at radius 2 is 2.03 bits per heavy atom. The fourth-order valence-electron chi connectivity index (χ4n) is 4.02. The van der Waals surface area contributed by atoms with Gasteiger partial charge in [0.05, 0.1) is 29.7 Å². The summed E-state index contributed by atoms with van der Waals surface area (Å²) < 4.78 is 2.01. The van der Waals surface area contributed by atoms with Crippen LogP contribution in [0.4, 0.5) is 11.6 Å². The van der Waals surface area contributed by atoms with E-state index in [0.717, 1.165) is 35.3 Å². The number of benzene rings is 1. The second kappa shape index (κ2) is 8.46. The number of aryl methyl sites for hydroxylation is 1. The maximum Gasteiger partial charge on any atom is 0.252 e. The van der Waals surface area contributed by atoms with E-state index in [2.05, 4.69) is 40.5 Å². The molecule has 9 heteroatoms. The minimum absolute atomic E-state index is 0.278. The van der Waals surface area contributed by atoms with Crippen molar-refractivity contribution in [1.29, 1.82) is 5.26 Å². The van der Waals surface area contributed by atoms with Crippen LogP contribution < -0.4 is 10.6 Å². The Hall–Kier alpha value is -3.67. The van der Waals surface area contributed by atoms with Gasteiger partial charge in [0.15, 0.2) is 0 Å². The van der Waals surface area contributed by atoms with Crippen molar-refractivity contribution in [2.75, 3.05) is 5.32 Å². The lowest BCUT2D eigenvalue weighted by atomic mass is 9.54. The molecule has 8 nitrogen and oxygen atoms in total. The molecule has 0 aliphatic heterocycles. The second-order valence-corrected chi connectivity index (χ2v) is 9.19. The van der Waals surface area contributed by atoms with Crippen LogP contribution >= 0.6 is 0 Å². The highest BCUT2D eigenvalue weighted by Gasteiger charge is 2.37. The molecule has 1 fully saturated rings. The van der Waals surface area contributed by atoms with Crippen LogP contribution in [0.2, 0.25) is 5.31 Å². The van der Waals surface area contributed by atoms with E-state index in [-0.39, 0.29) is 5.91 Å². The summed E-state index contributed by atoms with van der Waals surface area (Å²) in [7, 11) is 2.28. The molecular weight excluding hydrogens is 401 g/mol. The van der Waals surface area contributed by atoms with Crippen LogP contribution in [0.5, 0.6) is 0 Å². The third kappa shape index (κ3) is 4.64. The van der Waals surface area contributed by atoms with Gasteiger partial charge in [0.1, 0.15) is 13.9 Å². The van der Waals surface area contributed by atoms with Gasteiger partial charge in [-0.15, -0.1) is 0 Å². The lowest BCUT2D eigenvalue weighted by Gasteiger charge is -2.42. The average Bonchev–Trinajstić information content (AvgIpc) is 3.21. The number of carbonyl (C=O) groups excluding carboxylic acids is 1. The van der Waals surface area contributed by atoms with Crippen molar-refractivity contribution in [3.8, 4) is 17.3 Å². The maximum absolute atomic E-state index is 12.2. The minimum Gasteiger partial charge on any atom is -0.337 e. The Bertz CT molecular complexity index is 1170. The molecule has 1 atom stereocenters. The van der Waals surface area contributed by atoms with Crippen molar-refractivity contribution in [3.63, 3.8) is 0 Å². The highest BCUT2D eigenvalue weighted by atomic mass is 16.1. The molecule has 162 valence electrons. The molecule has 0 radical (unpaired) electrons. The molecule has 1 aliphatic rings. The van der Waals surface area contributed by atoms with Gasteiger partial charge in [0.2, 0.25) is 5.95 Å². The van der Waals surface area contributed by atoms with Crippen LogP contribution in [0.25, 0.3) is 11.3 Å². The molecule has 0 spiro atoms. The number of amides is 1. The predicted molar refractivity (Wildman–Crippen MR) is 125 cm³/mol. The summed E-state index contributed by atoms with van der Waals surface area (Å²) in [6.07, 6.45) is 7.83. The maximum atomic E-state index is 12.2. The predicted octanol–water partition coefficient (Wildman–Crippen LogP) is 3.18. The first kappa shape index (κ1) is 21.6. The van der Waals surface area contributed by atoms with E-state index in [1.54, 1.807) is 31.5 Å². The van der Waals surface area contributed by atoms with E-state index in [0.29, 0.717) is 22.9 Å². The molecule has 0 saturated heterocycles. The lowest BCUT2D eigenvalue weighted by Crippen LogP contribution is -2.31. The van der Waals surface area contributed by atoms with Gasteiger partial charge in [-0.05, 0) is 44.4 Å². The summed E-state index contributed by atoms with van der Waals surface area (Å²) in [4.78, 5) is 21.3. The molecule has 2 aromatic heterocycles. The normalized spacial score (nSPS) is 20.6. The van der Waals surface area contributed by atoms with E-state index < -0.39 is 6.04 Å². The van der Waals surface area contributed by atoms with Crippen molar-refractivity contribution < 1.29 is 4.79 Å². The highest BCUT2D eigenvalue weighted by Crippen LogP contribution is 2.51. The smallest absolute Gasteiger partial charge is 0.252 e. The Balaban J connectivity index is 1.48. The van der Waals surface area contributed by atoms with Crippen LogP contribution in [-0.4, -0.2) is 39.5 Å². The van der Waals surface area contributed by atoms with E-state index >= 15 is 0 Å². The summed E-state index contributed by atoms with van der Waals surface area (Å²) >= 11 is 0. The standard InChI is InChI=1S/C23H26BN7O/c1-14-11-26-22(29-18-12-27-31(13-18)19-8-23(3,24)9-19)30-20(14)16-4-6-17(7-5-16)21(32)28-15(2)10-25/h4-7,11-13,15,19H,8-9,24H2,1-3H3,(H,28,32)(H,26,29,30)/t15-,19?,23?/m0/s1. The third-order valence-corrected chi connectivity index (χ3v) is 5.74. The molecule has 32 heavy (non-hydrogen) atoms. The molecule has 4 rings (SSSR count). The Morgan fingerprint density at radius 3 is 2.69 bits per heavy atom. The molecule has 3 aromatic rings. The Labute approximate surface area is 188 Å². The van der Waals surface area contributed by atoms with Crippen LogP contribution in [-0.2, 0) is 0 Å². The minimum atomic E-state index is -0.542. The van der Waals surface area contributed by atoms with Crippen molar-refractivity contribution in [2.45, 2.75) is 51.0 Å². The number of nitrogens with zero attached hydrogens (tertiary/aromatic N) is 5. The van der Waals surface area contributed by atoms with Crippen molar-refractivity contribution in [3.05, 3.63) is 54.0 Å². The molecule has 1 amide bonds. The lowest BCUT2D eigenvalue weighted by molar-refractivity contribution is 0.0948. The third-order valence-electron chi connectivity index (χ3n) is 5.74. The second-order valence-electron chi connectivity index (χ2n) is 9.19. The topological polar surface area (TPSA) is 109 Å². The largest absolute Gasteiger partial charge is 0.337 e. The first-order valence-corrected chi connectivity index (χ1v) is 10.7. The number of hydrogen-bond acceptors (Lipinski definition) is 6. The van der Waals surface area contributed by atoms with Crippen LogP contribution in [0.15, 0.2) is 42.9 Å². The van der Waals surface area contributed by atoms with Crippen molar-refractivity contribution >= 4 is 25.4 Å². The zero-order chi connectivity index (χ0) is 22.9. The Kier molecular flexibility index (Phi) is 5.70. The Morgan fingerprint density at radius 1 is 1.31 bits per heavy atom. The summed E-state index contributed by atoms with van der Waals surface area (Å²) in [5.74, 6) is 0.211. The van der Waals surface area contributed by atoms with E-state index in [9.17, 15) is 4.79 Å². The summed E-state index contributed by atoms with van der Waals surface area (Å²) in [6, 6.07) is 9.05. The molecule has 2 heterocycles. The SMILES string of the molecule is BC1(C)CC(n2cc(Nc3ncc(C)c(-c4ccc(C(=O)N[C@@H](C)C#N)cc4)n3)cn2)C1. The molecule has 0 bridgehead atoms. The number of hydrogen-bond donors (Lipinski definition) is 2. The number of nitrogens with one attached hydrogen (secondary N) is 2. The fraction of sp³-hybridized carbons (Fsp3) is 0.348. The number of aromatic nitrogens is 4. The number of nitriles is 1. The molecule has 0 unspecified atom stereocenters. The van der Waals surface area contributed by atoms with Crippen LogP contribution in [0, 0.1) is 18.3 Å². The summed E-state index contributed by atoms with van der Waals surface area (Å²) in [5.41, 5.74) is 3.94. The van der Waals surface area contributed by atoms with Gasteiger partial charge in [-0.3, -0.25) is 9.48 Å². The first-order chi connectivity index (χ1) is 15.2. The monoisotopic (exact) mass is 427 g/mol. The van der Waals surface area contributed by atoms with E-state index in [1.807, 2.05) is 36.0 Å². The molecule has 1 aromatic carbocycles. The van der Waals surface area contributed by atoms with Crippen molar-refractivity contribution in [2.24, 2.45) is 0 Å². The molecule has 1 aliphatic carbocycles. The molecule has 2 N–H and O–H groups in total.